The first-order valence-corrected chi connectivity index (χ1v) is 11.6. The number of halogens is 3. The molecule has 35 heavy (non-hydrogen) atoms. The number of methoxy groups -OCH3 is 2. The minimum Gasteiger partial charge on any atom is -0.497 e. The minimum atomic E-state index is -4.39. The Labute approximate surface area is 204 Å². The molecule has 0 aliphatic heterocycles. The number of alkyl halides is 3. The van der Waals surface area contributed by atoms with E-state index in [4.69, 9.17) is 9.47 Å². The molecule has 0 unspecified atom stereocenters. The molecule has 0 aliphatic carbocycles. The molecule has 1 heterocycles. The van der Waals surface area contributed by atoms with Crippen LogP contribution in [-0.2, 0) is 19.3 Å². The van der Waals surface area contributed by atoms with Crippen LogP contribution >= 0.6 is 0 Å². The van der Waals surface area contributed by atoms with Crippen molar-refractivity contribution < 1.29 is 27.4 Å². The average Bonchev–Trinajstić information content (AvgIpc) is 3.28. The maximum Gasteiger partial charge on any atom is 0.416 e. The predicted molar refractivity (Wildman–Crippen MR) is 129 cm³/mol. The highest BCUT2D eigenvalue weighted by Gasteiger charge is 2.30. The van der Waals surface area contributed by atoms with Crippen molar-refractivity contribution in [3.05, 3.63) is 83.2 Å². The summed E-state index contributed by atoms with van der Waals surface area (Å²) >= 11 is 0. The summed E-state index contributed by atoms with van der Waals surface area (Å²) in [6.07, 6.45) is 0.261. The van der Waals surface area contributed by atoms with Crippen LogP contribution in [0, 0.1) is 0 Å². The number of rotatable bonds is 11. The van der Waals surface area contributed by atoms with Gasteiger partial charge in [0.1, 0.15) is 11.5 Å². The second-order valence-corrected chi connectivity index (χ2v) is 8.33. The number of carbonyl (C=O) groups excluding carboxylic acids is 1. The van der Waals surface area contributed by atoms with E-state index < -0.39 is 11.7 Å². The van der Waals surface area contributed by atoms with Crippen molar-refractivity contribution in [1.29, 1.82) is 0 Å². The monoisotopic (exact) mass is 488 g/mol. The molecule has 3 rings (SSSR count). The summed E-state index contributed by atoms with van der Waals surface area (Å²) in [6, 6.07) is 14.1. The molecule has 188 valence electrons. The van der Waals surface area contributed by atoms with Crippen molar-refractivity contribution in [3.63, 3.8) is 0 Å². The fourth-order valence-corrected chi connectivity index (χ4v) is 3.94. The van der Waals surface area contributed by atoms with Gasteiger partial charge in [-0.3, -0.25) is 4.79 Å². The van der Waals surface area contributed by atoms with Crippen LogP contribution in [0.3, 0.4) is 0 Å². The Bertz CT molecular complexity index is 1120. The summed E-state index contributed by atoms with van der Waals surface area (Å²) < 4.78 is 52.0. The van der Waals surface area contributed by atoms with Crippen molar-refractivity contribution in [2.24, 2.45) is 0 Å². The number of ether oxygens (including phenoxy) is 2. The molecule has 2 aromatic carbocycles. The summed E-state index contributed by atoms with van der Waals surface area (Å²) in [4.78, 5) is 15.3. The van der Waals surface area contributed by atoms with Crippen LogP contribution in [0.1, 0.15) is 53.4 Å². The first kappa shape index (κ1) is 26.2. The Morgan fingerprint density at radius 2 is 1.80 bits per heavy atom. The fourth-order valence-electron chi connectivity index (χ4n) is 3.94. The van der Waals surface area contributed by atoms with Crippen molar-refractivity contribution >= 4 is 5.91 Å². The molecule has 0 bridgehead atoms. The van der Waals surface area contributed by atoms with Gasteiger partial charge in [-0.1, -0.05) is 31.9 Å². The number of hydrogen-bond acceptors (Lipinski definition) is 3. The first-order chi connectivity index (χ1) is 16.8. The van der Waals surface area contributed by atoms with E-state index in [2.05, 4.69) is 6.92 Å². The van der Waals surface area contributed by atoms with Crippen LogP contribution in [0.5, 0.6) is 11.5 Å². The van der Waals surface area contributed by atoms with Crippen molar-refractivity contribution in [1.82, 2.24) is 9.47 Å². The number of unbranched alkanes of at least 4 members (excludes halogenated alkanes) is 2. The SMILES string of the molecule is CCCCCN(Cc1cccn1Cc1cccc(C(F)(F)F)c1)C(=O)c1ccc(OC)cc1OC. The lowest BCUT2D eigenvalue weighted by atomic mass is 10.1. The Morgan fingerprint density at radius 3 is 2.49 bits per heavy atom. The van der Waals surface area contributed by atoms with Gasteiger partial charge in [-0.05, 0) is 48.4 Å². The Balaban J connectivity index is 1.85. The molecule has 0 atom stereocenters. The molecular weight excluding hydrogens is 457 g/mol. The Kier molecular flexibility index (Phi) is 8.84. The molecule has 0 spiro atoms. The quantitative estimate of drug-likeness (QED) is 0.293. The molecule has 0 saturated carbocycles. The topological polar surface area (TPSA) is 43.7 Å². The third kappa shape index (κ3) is 6.81. The van der Waals surface area contributed by atoms with Gasteiger partial charge in [0.2, 0.25) is 0 Å². The van der Waals surface area contributed by atoms with Gasteiger partial charge >= 0.3 is 6.18 Å². The third-order valence-electron chi connectivity index (χ3n) is 5.84. The highest BCUT2D eigenvalue weighted by atomic mass is 19.4. The van der Waals surface area contributed by atoms with Gasteiger partial charge < -0.3 is 18.9 Å². The van der Waals surface area contributed by atoms with E-state index in [9.17, 15) is 18.0 Å². The number of carbonyl (C=O) groups is 1. The van der Waals surface area contributed by atoms with Gasteiger partial charge in [0, 0.05) is 31.0 Å². The molecule has 5 nitrogen and oxygen atoms in total. The van der Waals surface area contributed by atoms with Crippen molar-refractivity contribution in [2.75, 3.05) is 20.8 Å². The van der Waals surface area contributed by atoms with E-state index in [1.165, 1.54) is 13.2 Å². The third-order valence-corrected chi connectivity index (χ3v) is 5.84. The molecule has 8 heteroatoms. The predicted octanol–water partition coefficient (Wildman–Crippen LogP) is 6.41. The number of nitrogens with zero attached hydrogens (tertiary/aromatic N) is 2. The van der Waals surface area contributed by atoms with E-state index in [1.54, 1.807) is 36.3 Å². The molecule has 1 aromatic heterocycles. The molecule has 0 saturated heterocycles. The zero-order valence-corrected chi connectivity index (χ0v) is 20.3. The number of hydrogen-bond donors (Lipinski definition) is 0. The van der Waals surface area contributed by atoms with E-state index in [0.717, 1.165) is 37.1 Å². The van der Waals surface area contributed by atoms with Gasteiger partial charge in [0.15, 0.2) is 0 Å². The minimum absolute atomic E-state index is 0.174. The van der Waals surface area contributed by atoms with Crippen LogP contribution in [0.2, 0.25) is 0 Å². The van der Waals surface area contributed by atoms with Gasteiger partial charge in [-0.15, -0.1) is 0 Å². The van der Waals surface area contributed by atoms with Gasteiger partial charge in [0.05, 0.1) is 31.9 Å². The lowest BCUT2D eigenvalue weighted by molar-refractivity contribution is -0.137. The summed E-state index contributed by atoms with van der Waals surface area (Å²) in [7, 11) is 3.05. The van der Waals surface area contributed by atoms with E-state index in [0.29, 0.717) is 35.7 Å². The van der Waals surface area contributed by atoms with Gasteiger partial charge in [-0.2, -0.15) is 13.2 Å². The van der Waals surface area contributed by atoms with Gasteiger partial charge in [-0.25, -0.2) is 0 Å². The zero-order valence-electron chi connectivity index (χ0n) is 20.3. The standard InChI is InChI=1S/C27H31F3N2O3/c1-4-5-6-14-32(26(33)24-13-12-23(34-2)17-25(24)35-3)19-22-11-8-15-31(22)18-20-9-7-10-21(16-20)27(28,29)30/h7-13,15-17H,4-6,14,18-19H2,1-3H3. The van der Waals surface area contributed by atoms with Crippen molar-refractivity contribution in [3.8, 4) is 11.5 Å². The van der Waals surface area contributed by atoms with Crippen LogP contribution in [0.25, 0.3) is 0 Å². The highest BCUT2D eigenvalue weighted by molar-refractivity contribution is 5.97. The normalized spacial score (nSPS) is 11.4. The van der Waals surface area contributed by atoms with Crippen molar-refractivity contribution in [2.45, 2.75) is 45.5 Å². The summed E-state index contributed by atoms with van der Waals surface area (Å²) in [5.41, 5.74) is 1.13. The van der Waals surface area contributed by atoms with E-state index in [1.807, 2.05) is 22.9 Å². The van der Waals surface area contributed by atoms with Gasteiger partial charge in [0.25, 0.3) is 5.91 Å². The van der Waals surface area contributed by atoms with Crippen LogP contribution in [0.15, 0.2) is 60.8 Å². The first-order valence-electron chi connectivity index (χ1n) is 11.6. The van der Waals surface area contributed by atoms with Crippen LogP contribution in [-0.4, -0.2) is 36.1 Å². The molecule has 1 amide bonds. The maximum absolute atomic E-state index is 13.5. The zero-order chi connectivity index (χ0) is 25.4. The largest absolute Gasteiger partial charge is 0.497 e. The second-order valence-electron chi connectivity index (χ2n) is 8.33. The molecule has 0 N–H and O–H groups in total. The molecule has 0 aliphatic rings. The number of amides is 1. The summed E-state index contributed by atoms with van der Waals surface area (Å²) in [5, 5.41) is 0. The summed E-state index contributed by atoms with van der Waals surface area (Å²) in [6.45, 7) is 3.24. The van der Waals surface area contributed by atoms with E-state index in [-0.39, 0.29) is 12.5 Å². The van der Waals surface area contributed by atoms with Crippen LogP contribution < -0.4 is 9.47 Å². The molecule has 0 fully saturated rings. The number of benzene rings is 2. The lowest BCUT2D eigenvalue weighted by Crippen LogP contribution is -2.32. The second kappa shape index (κ2) is 11.8. The Morgan fingerprint density at radius 1 is 1.00 bits per heavy atom. The summed E-state index contributed by atoms with van der Waals surface area (Å²) in [5.74, 6) is 0.840. The highest BCUT2D eigenvalue weighted by Crippen LogP contribution is 2.30. The molecule has 3 aromatic rings. The lowest BCUT2D eigenvalue weighted by Gasteiger charge is -2.25. The Hall–Kier alpha value is -3.42. The smallest absolute Gasteiger partial charge is 0.416 e. The average molecular weight is 489 g/mol. The number of aromatic nitrogens is 1. The fraction of sp³-hybridized carbons (Fsp3) is 0.370. The molecule has 0 radical (unpaired) electrons. The van der Waals surface area contributed by atoms with Crippen LogP contribution in [0.4, 0.5) is 13.2 Å². The maximum atomic E-state index is 13.5. The molecular formula is C27H31F3N2O3. The van der Waals surface area contributed by atoms with E-state index >= 15 is 0 Å².